The molecule has 0 bridgehead atoms. The van der Waals surface area contributed by atoms with Crippen molar-refractivity contribution in [2.75, 3.05) is 75.6 Å². The number of aromatic nitrogens is 1. The van der Waals surface area contributed by atoms with E-state index in [0.717, 1.165) is 63.1 Å². The molecule has 4 rings (SSSR count). The molecular weight excluding hydrogens is 360 g/mol. The van der Waals surface area contributed by atoms with Crippen LogP contribution in [0.1, 0.15) is 19.8 Å². The summed E-state index contributed by atoms with van der Waals surface area (Å²) in [5.41, 5.74) is 1.08. The molecule has 2 fully saturated rings. The molecule has 28 heavy (non-hydrogen) atoms. The number of pyridine rings is 1. The Morgan fingerprint density at radius 2 is 2.11 bits per heavy atom. The lowest BCUT2D eigenvalue weighted by Gasteiger charge is -2.45. The molecule has 0 spiro atoms. The number of fused-ring (bicyclic) bond motifs is 3. The second-order valence-electron chi connectivity index (χ2n) is 7.48. The molecule has 3 aliphatic heterocycles. The predicted molar refractivity (Wildman–Crippen MR) is 106 cm³/mol. The fourth-order valence-corrected chi connectivity index (χ4v) is 4.00. The molecule has 154 valence electrons. The zero-order chi connectivity index (χ0) is 19.3. The maximum absolute atomic E-state index is 12.5. The molecule has 1 amide bonds. The highest BCUT2D eigenvalue weighted by molar-refractivity contribution is 5.77. The highest BCUT2D eigenvalue weighted by Gasteiger charge is 2.35. The number of nitrogens with zero attached hydrogens (tertiary/aromatic N) is 4. The van der Waals surface area contributed by atoms with Crippen LogP contribution < -0.4 is 14.5 Å². The number of amides is 1. The monoisotopic (exact) mass is 390 g/mol. The van der Waals surface area contributed by atoms with Gasteiger partial charge in [-0.15, -0.1) is 0 Å². The summed E-state index contributed by atoms with van der Waals surface area (Å²) in [6, 6.07) is 2.25. The molecule has 1 aromatic heterocycles. The number of carbonyl (C=O) groups excluding carboxylic acids is 1. The van der Waals surface area contributed by atoms with E-state index in [2.05, 4.69) is 22.8 Å². The average Bonchev–Trinajstić information content (AvgIpc) is 2.76. The molecule has 1 aromatic rings. The minimum atomic E-state index is 0.156. The van der Waals surface area contributed by atoms with E-state index in [1.807, 2.05) is 11.1 Å². The smallest absolute Gasteiger partial charge is 0.225 e. The molecule has 8 heteroatoms. The second kappa shape index (κ2) is 8.96. The average molecular weight is 390 g/mol. The molecule has 1 atom stereocenters. The van der Waals surface area contributed by atoms with E-state index < -0.39 is 0 Å². The number of morpholine rings is 1. The summed E-state index contributed by atoms with van der Waals surface area (Å²) in [5.74, 6) is 1.90. The van der Waals surface area contributed by atoms with E-state index in [1.54, 1.807) is 0 Å². The zero-order valence-corrected chi connectivity index (χ0v) is 16.6. The molecule has 8 nitrogen and oxygen atoms in total. The zero-order valence-electron chi connectivity index (χ0n) is 16.6. The number of hydrogen-bond acceptors (Lipinski definition) is 7. The van der Waals surface area contributed by atoms with E-state index in [-0.39, 0.29) is 11.9 Å². The molecule has 1 unspecified atom stereocenters. The molecule has 0 saturated carbocycles. The number of ether oxygens (including phenoxy) is 3. The SMILES string of the molecule is CCCOCCC(=O)N1CCN2c3ncc(N4CCOCC4)cc3OCC2C1. The Bertz CT molecular complexity index is 680. The van der Waals surface area contributed by atoms with Crippen LogP contribution in [0, 0.1) is 0 Å². The van der Waals surface area contributed by atoms with Crippen molar-refractivity contribution >= 4 is 17.4 Å². The summed E-state index contributed by atoms with van der Waals surface area (Å²) in [5, 5.41) is 0. The van der Waals surface area contributed by atoms with E-state index in [9.17, 15) is 4.79 Å². The minimum absolute atomic E-state index is 0.156. The molecule has 0 radical (unpaired) electrons. The Morgan fingerprint density at radius 1 is 1.25 bits per heavy atom. The topological polar surface area (TPSA) is 67.4 Å². The van der Waals surface area contributed by atoms with Gasteiger partial charge in [-0.25, -0.2) is 4.98 Å². The van der Waals surface area contributed by atoms with Gasteiger partial charge < -0.3 is 28.9 Å². The van der Waals surface area contributed by atoms with Crippen LogP contribution in [-0.2, 0) is 14.3 Å². The molecule has 3 aliphatic rings. The van der Waals surface area contributed by atoms with Crippen LogP contribution in [0.3, 0.4) is 0 Å². The van der Waals surface area contributed by atoms with Gasteiger partial charge in [0.1, 0.15) is 6.61 Å². The van der Waals surface area contributed by atoms with Gasteiger partial charge in [0.25, 0.3) is 0 Å². The van der Waals surface area contributed by atoms with Crippen LogP contribution in [0.2, 0.25) is 0 Å². The summed E-state index contributed by atoms with van der Waals surface area (Å²) in [4.78, 5) is 23.7. The van der Waals surface area contributed by atoms with E-state index >= 15 is 0 Å². The van der Waals surface area contributed by atoms with Crippen LogP contribution in [0.15, 0.2) is 12.3 Å². The fourth-order valence-electron chi connectivity index (χ4n) is 4.00. The fraction of sp³-hybridized carbons (Fsp3) is 0.700. The van der Waals surface area contributed by atoms with Gasteiger partial charge in [0.2, 0.25) is 5.91 Å². The van der Waals surface area contributed by atoms with Crippen molar-refractivity contribution in [2.24, 2.45) is 0 Å². The molecule has 0 N–H and O–H groups in total. The van der Waals surface area contributed by atoms with E-state index in [1.165, 1.54) is 0 Å². The van der Waals surface area contributed by atoms with Gasteiger partial charge in [-0.2, -0.15) is 0 Å². The summed E-state index contributed by atoms with van der Waals surface area (Å²) < 4.78 is 16.9. The molecule has 0 aromatic carbocycles. The van der Waals surface area contributed by atoms with Gasteiger partial charge in [-0.3, -0.25) is 4.79 Å². The third kappa shape index (κ3) is 4.17. The molecule has 0 aliphatic carbocycles. The Hall–Kier alpha value is -2.06. The first-order valence-electron chi connectivity index (χ1n) is 10.3. The quantitative estimate of drug-likeness (QED) is 0.675. The summed E-state index contributed by atoms with van der Waals surface area (Å²) in [6.07, 6.45) is 3.36. The van der Waals surface area contributed by atoms with Gasteiger partial charge in [-0.05, 0) is 6.42 Å². The van der Waals surface area contributed by atoms with Crippen molar-refractivity contribution in [2.45, 2.75) is 25.8 Å². The van der Waals surface area contributed by atoms with Gasteiger partial charge in [0.05, 0.1) is 44.2 Å². The van der Waals surface area contributed by atoms with Crippen molar-refractivity contribution in [1.29, 1.82) is 0 Å². The van der Waals surface area contributed by atoms with Crippen LogP contribution in [-0.4, -0.2) is 87.6 Å². The normalized spacial score (nSPS) is 21.8. The Labute approximate surface area is 166 Å². The Kier molecular flexibility index (Phi) is 6.17. The standard InChI is InChI=1S/C20H30N4O4/c1-2-8-26-9-3-19(25)23-4-5-24-17(14-23)15-28-18-12-16(13-21-20(18)24)22-6-10-27-11-7-22/h12-13,17H,2-11,14-15H2,1H3. The second-order valence-corrected chi connectivity index (χ2v) is 7.48. The van der Waals surface area contributed by atoms with E-state index in [4.69, 9.17) is 19.2 Å². The van der Waals surface area contributed by atoms with Crippen LogP contribution in [0.4, 0.5) is 11.5 Å². The number of hydrogen-bond donors (Lipinski definition) is 0. The van der Waals surface area contributed by atoms with Crippen LogP contribution in [0.25, 0.3) is 0 Å². The first-order valence-corrected chi connectivity index (χ1v) is 10.3. The summed E-state index contributed by atoms with van der Waals surface area (Å²) in [6.45, 7) is 9.31. The lowest BCUT2D eigenvalue weighted by molar-refractivity contribution is -0.133. The third-order valence-corrected chi connectivity index (χ3v) is 5.54. The minimum Gasteiger partial charge on any atom is -0.487 e. The highest BCUT2D eigenvalue weighted by Crippen LogP contribution is 2.36. The van der Waals surface area contributed by atoms with Gasteiger partial charge in [0.15, 0.2) is 11.6 Å². The maximum atomic E-state index is 12.5. The molecule has 4 heterocycles. The summed E-state index contributed by atoms with van der Waals surface area (Å²) in [7, 11) is 0. The number of piperazine rings is 1. The number of anilines is 2. The van der Waals surface area contributed by atoms with E-state index in [0.29, 0.717) is 32.8 Å². The lowest BCUT2D eigenvalue weighted by atomic mass is 10.1. The van der Waals surface area contributed by atoms with Gasteiger partial charge >= 0.3 is 0 Å². The van der Waals surface area contributed by atoms with Crippen molar-refractivity contribution in [3.8, 4) is 5.75 Å². The highest BCUT2D eigenvalue weighted by atomic mass is 16.5. The first kappa shape index (κ1) is 19.3. The van der Waals surface area contributed by atoms with Gasteiger partial charge in [-0.1, -0.05) is 6.92 Å². The lowest BCUT2D eigenvalue weighted by Crippen LogP contribution is -2.58. The van der Waals surface area contributed by atoms with Crippen molar-refractivity contribution in [3.63, 3.8) is 0 Å². The first-order chi connectivity index (χ1) is 13.8. The van der Waals surface area contributed by atoms with Crippen molar-refractivity contribution < 1.29 is 19.0 Å². The van der Waals surface area contributed by atoms with Crippen LogP contribution in [0.5, 0.6) is 5.75 Å². The largest absolute Gasteiger partial charge is 0.487 e. The summed E-state index contributed by atoms with van der Waals surface area (Å²) >= 11 is 0. The predicted octanol–water partition coefficient (Wildman–Crippen LogP) is 1.14. The Balaban J connectivity index is 1.37. The molecule has 2 saturated heterocycles. The van der Waals surface area contributed by atoms with Crippen molar-refractivity contribution in [3.05, 3.63) is 12.3 Å². The molecular formula is C20H30N4O4. The van der Waals surface area contributed by atoms with Crippen LogP contribution >= 0.6 is 0 Å². The third-order valence-electron chi connectivity index (χ3n) is 5.54. The number of carbonyl (C=O) groups is 1. The van der Waals surface area contributed by atoms with Gasteiger partial charge in [0, 0.05) is 45.4 Å². The number of rotatable bonds is 6. The maximum Gasteiger partial charge on any atom is 0.225 e. The Morgan fingerprint density at radius 3 is 2.93 bits per heavy atom. The van der Waals surface area contributed by atoms with Crippen molar-refractivity contribution in [1.82, 2.24) is 9.88 Å².